The second-order valence-electron chi connectivity index (χ2n) is 15.0. The van der Waals surface area contributed by atoms with Crippen LogP contribution in [0.25, 0.3) is 0 Å². The molecular weight excluding hydrogens is 731 g/mol. The fraction of sp³-hybridized carbons (Fsp3) is 0.548. The van der Waals surface area contributed by atoms with Crippen LogP contribution in [0.3, 0.4) is 0 Å². The summed E-state index contributed by atoms with van der Waals surface area (Å²) in [6.07, 6.45) is 2.58. The maximum Gasteiger partial charge on any atom is 0.326 e. The lowest BCUT2D eigenvalue weighted by molar-refractivity contribution is -0.142. The predicted molar refractivity (Wildman–Crippen MR) is 216 cm³/mol. The van der Waals surface area contributed by atoms with Gasteiger partial charge in [0, 0.05) is 20.0 Å². The number of nitrogens with one attached hydrogen (secondary N) is 6. The Morgan fingerprint density at radius 3 is 2.02 bits per heavy atom. The van der Waals surface area contributed by atoms with Crippen LogP contribution in [-0.2, 0) is 41.6 Å². The van der Waals surface area contributed by atoms with Crippen LogP contribution in [0.2, 0.25) is 0 Å². The maximum absolute atomic E-state index is 14.2. The highest BCUT2D eigenvalue weighted by Gasteiger charge is 2.36. The average Bonchev–Trinajstić information content (AvgIpc) is 3.21. The first-order valence-electron chi connectivity index (χ1n) is 20.0. The van der Waals surface area contributed by atoms with Crippen molar-refractivity contribution in [3.63, 3.8) is 0 Å². The van der Waals surface area contributed by atoms with E-state index in [0.29, 0.717) is 32.1 Å². The second-order valence-corrected chi connectivity index (χ2v) is 15.0. The summed E-state index contributed by atoms with van der Waals surface area (Å²) in [4.78, 5) is 96.0. The number of carbonyl (C=O) groups excluding carboxylic acids is 6. The van der Waals surface area contributed by atoms with E-state index in [1.54, 1.807) is 27.7 Å². The Labute approximate surface area is 335 Å². The molecule has 57 heavy (non-hydrogen) atoms. The molecule has 0 aliphatic carbocycles. The number of likely N-dealkylation sites (N-methyl/N-ethyl adjacent to an activating group) is 1. The van der Waals surface area contributed by atoms with Crippen molar-refractivity contribution in [3.05, 3.63) is 71.8 Å². The highest BCUT2D eigenvalue weighted by Crippen LogP contribution is 2.15. The molecule has 1 saturated heterocycles. The number of amides is 7. The Morgan fingerprint density at radius 2 is 1.42 bits per heavy atom. The summed E-state index contributed by atoms with van der Waals surface area (Å²) in [6, 6.07) is 11.2. The first-order chi connectivity index (χ1) is 27.2. The summed E-state index contributed by atoms with van der Waals surface area (Å²) in [5.41, 5.74) is 1.74. The first kappa shape index (κ1) is 45.9. The van der Waals surface area contributed by atoms with Crippen LogP contribution < -0.4 is 31.9 Å². The Balaban J connectivity index is 2.00. The largest absolute Gasteiger partial charge is 0.480 e. The number of hydrogen-bond donors (Lipinski definition) is 7. The maximum atomic E-state index is 14.2. The molecule has 0 radical (unpaired) electrons. The van der Waals surface area contributed by atoms with Crippen molar-refractivity contribution in [1.82, 2.24) is 36.8 Å². The molecule has 15 heteroatoms. The molecule has 1 aliphatic heterocycles. The van der Waals surface area contributed by atoms with E-state index >= 15 is 0 Å². The van der Waals surface area contributed by atoms with Gasteiger partial charge in [0.2, 0.25) is 29.5 Å². The number of hydrogen-bond acceptors (Lipinski definition) is 7. The lowest BCUT2D eigenvalue weighted by Gasteiger charge is -2.32. The standard InChI is InChI=1S/C42H61N7O8/c1-7-26(3)34-39(53)44-32(23-22-29-17-11-9-12-18-29)40(54)49(6)28(5)36(50)45-33(25-30-19-13-10-14-20-30)37(51)43-24-16-15-21-31(38(52)47-34)46-42(57)48-35(41(55)56)27(4)8-2/h9-14,17-20,26-28,31-35H,7-8,15-16,21-25H2,1-6H3,(H,43,51)(H,44,53)(H,45,50)(H,47,52)(H,55,56)(H2,46,48,57)/t26-,27-,28-,31?,32-,33-,34?,35?/m0/s1. The second kappa shape index (κ2) is 22.9. The minimum absolute atomic E-state index is 0.0930. The number of carbonyl (C=O) groups is 7. The minimum Gasteiger partial charge on any atom is -0.480 e. The Bertz CT molecular complexity index is 1660. The third-order valence-electron chi connectivity index (χ3n) is 10.8. The molecule has 3 rings (SSSR count). The Kier molecular flexibility index (Phi) is 18.5. The highest BCUT2D eigenvalue weighted by atomic mass is 16.4. The summed E-state index contributed by atoms with van der Waals surface area (Å²) in [6.45, 7) is 8.87. The van der Waals surface area contributed by atoms with Crippen LogP contribution in [0.1, 0.15) is 84.3 Å². The molecule has 1 fully saturated rings. The molecule has 7 N–H and O–H groups in total. The lowest BCUT2D eigenvalue weighted by Crippen LogP contribution is -2.60. The van der Waals surface area contributed by atoms with Gasteiger partial charge >= 0.3 is 12.0 Å². The molecular formula is C42H61N7O8. The van der Waals surface area contributed by atoms with Crippen molar-refractivity contribution in [3.8, 4) is 0 Å². The van der Waals surface area contributed by atoms with Crippen molar-refractivity contribution in [1.29, 1.82) is 0 Å². The number of urea groups is 1. The zero-order valence-corrected chi connectivity index (χ0v) is 34.0. The van der Waals surface area contributed by atoms with Crippen molar-refractivity contribution >= 4 is 41.5 Å². The highest BCUT2D eigenvalue weighted by molar-refractivity contribution is 5.96. The van der Waals surface area contributed by atoms with Gasteiger partial charge in [-0.05, 0) is 62.0 Å². The monoisotopic (exact) mass is 791 g/mol. The average molecular weight is 792 g/mol. The van der Waals surface area contributed by atoms with Gasteiger partial charge in [-0.1, -0.05) is 101 Å². The number of nitrogens with zero attached hydrogens (tertiary/aromatic N) is 1. The van der Waals surface area contributed by atoms with Gasteiger partial charge in [0.25, 0.3) is 0 Å². The van der Waals surface area contributed by atoms with Gasteiger partial charge in [-0.2, -0.15) is 0 Å². The van der Waals surface area contributed by atoms with E-state index in [1.165, 1.54) is 11.9 Å². The molecule has 7 amide bonds. The summed E-state index contributed by atoms with van der Waals surface area (Å²) in [5, 5.41) is 26.2. The summed E-state index contributed by atoms with van der Waals surface area (Å²) < 4.78 is 0. The summed E-state index contributed by atoms with van der Waals surface area (Å²) >= 11 is 0. The molecule has 2 aromatic rings. The number of aryl methyl sites for hydroxylation is 1. The van der Waals surface area contributed by atoms with Gasteiger partial charge in [-0.15, -0.1) is 0 Å². The van der Waals surface area contributed by atoms with Crippen LogP contribution in [0, 0.1) is 11.8 Å². The van der Waals surface area contributed by atoms with E-state index < -0.39 is 89.6 Å². The number of benzene rings is 2. The molecule has 8 atom stereocenters. The minimum atomic E-state index is -1.22. The first-order valence-corrected chi connectivity index (χ1v) is 20.0. The van der Waals surface area contributed by atoms with Crippen LogP contribution >= 0.6 is 0 Å². The lowest BCUT2D eigenvalue weighted by atomic mass is 9.96. The van der Waals surface area contributed by atoms with Gasteiger partial charge < -0.3 is 41.9 Å². The molecule has 1 heterocycles. The summed E-state index contributed by atoms with van der Waals surface area (Å²) in [5.74, 6) is -4.82. The van der Waals surface area contributed by atoms with Gasteiger partial charge in [-0.3, -0.25) is 24.0 Å². The van der Waals surface area contributed by atoms with Gasteiger partial charge in [0.15, 0.2) is 0 Å². The SMILES string of the molecule is CC[C@H](C)C(NC(=O)NC1CCCCNC(=O)[C@H](Cc2ccccc2)NC(=O)[C@H](C)N(C)C(=O)[C@H](CCc2ccccc2)NC(=O)C([C@@H](C)CC)NC1=O)C(=O)O. The van der Waals surface area contributed by atoms with Crippen molar-refractivity contribution < 1.29 is 38.7 Å². The Hall–Kier alpha value is -5.47. The zero-order chi connectivity index (χ0) is 42.1. The van der Waals surface area contributed by atoms with E-state index in [1.807, 2.05) is 67.6 Å². The topological polar surface area (TPSA) is 215 Å². The zero-order valence-electron chi connectivity index (χ0n) is 34.0. The van der Waals surface area contributed by atoms with Gasteiger partial charge in [0.1, 0.15) is 36.3 Å². The van der Waals surface area contributed by atoms with Crippen molar-refractivity contribution in [2.24, 2.45) is 11.8 Å². The molecule has 15 nitrogen and oxygen atoms in total. The van der Waals surface area contributed by atoms with Crippen LogP contribution in [0.4, 0.5) is 4.79 Å². The summed E-state index contributed by atoms with van der Waals surface area (Å²) in [7, 11) is 1.47. The normalized spacial score (nSPS) is 23.5. The van der Waals surface area contributed by atoms with E-state index in [-0.39, 0.29) is 25.8 Å². The van der Waals surface area contributed by atoms with Crippen LogP contribution in [0.15, 0.2) is 60.7 Å². The van der Waals surface area contributed by atoms with E-state index in [2.05, 4.69) is 31.9 Å². The molecule has 0 bridgehead atoms. The van der Waals surface area contributed by atoms with Crippen molar-refractivity contribution in [2.45, 2.75) is 122 Å². The number of carboxylic acids is 1. The van der Waals surface area contributed by atoms with Crippen molar-refractivity contribution in [2.75, 3.05) is 13.6 Å². The van der Waals surface area contributed by atoms with Gasteiger partial charge in [0.05, 0.1) is 0 Å². The molecule has 3 unspecified atom stereocenters. The van der Waals surface area contributed by atoms with Crippen LogP contribution in [-0.4, -0.2) is 101 Å². The van der Waals surface area contributed by atoms with Crippen LogP contribution in [0.5, 0.6) is 0 Å². The van der Waals surface area contributed by atoms with E-state index in [0.717, 1.165) is 11.1 Å². The third kappa shape index (κ3) is 14.2. The molecule has 1 aliphatic rings. The molecule has 312 valence electrons. The smallest absolute Gasteiger partial charge is 0.326 e. The molecule has 2 aromatic carbocycles. The molecule has 0 spiro atoms. The predicted octanol–water partition coefficient (Wildman–Crippen LogP) is 2.68. The number of aliphatic carboxylic acids is 1. The van der Waals surface area contributed by atoms with E-state index in [4.69, 9.17) is 0 Å². The fourth-order valence-electron chi connectivity index (χ4n) is 6.50. The Morgan fingerprint density at radius 1 is 0.807 bits per heavy atom. The molecule has 0 aromatic heterocycles. The van der Waals surface area contributed by atoms with E-state index in [9.17, 15) is 38.7 Å². The molecule has 0 saturated carbocycles. The fourth-order valence-corrected chi connectivity index (χ4v) is 6.50. The quantitative estimate of drug-likeness (QED) is 0.169. The number of carboxylic acid groups (broad SMARTS) is 1. The third-order valence-corrected chi connectivity index (χ3v) is 10.8. The van der Waals surface area contributed by atoms with Gasteiger partial charge in [-0.25, -0.2) is 9.59 Å². The number of rotatable bonds is 12.